The molecule has 4 heterocycles. The van der Waals surface area contributed by atoms with Crippen LogP contribution in [0.1, 0.15) is 46.2 Å². The molecule has 4 aromatic rings. The van der Waals surface area contributed by atoms with Crippen molar-refractivity contribution in [3.63, 3.8) is 0 Å². The molecule has 0 radical (unpaired) electrons. The fourth-order valence-electron chi connectivity index (χ4n) is 4.81. The maximum Gasteiger partial charge on any atom is 0.325 e. The van der Waals surface area contributed by atoms with Crippen LogP contribution in [-0.2, 0) is 0 Å². The van der Waals surface area contributed by atoms with E-state index in [2.05, 4.69) is 20.1 Å². The van der Waals surface area contributed by atoms with Gasteiger partial charge in [0, 0.05) is 36.3 Å². The molecule has 0 spiro atoms. The highest BCUT2D eigenvalue weighted by Gasteiger charge is 2.41. The fraction of sp³-hybridized carbons (Fsp3) is 0.292. The van der Waals surface area contributed by atoms with Crippen molar-refractivity contribution in [3.05, 3.63) is 86.5 Å². The number of alkyl halides is 1. The number of amides is 1. The van der Waals surface area contributed by atoms with Gasteiger partial charge in [-0.3, -0.25) is 14.6 Å². The number of hydrogen-bond acceptors (Lipinski definition) is 5. The van der Waals surface area contributed by atoms with E-state index in [0.717, 1.165) is 23.2 Å². The predicted molar refractivity (Wildman–Crippen MR) is 122 cm³/mol. The number of halogens is 1. The lowest BCUT2D eigenvalue weighted by Gasteiger charge is -2.15. The second kappa shape index (κ2) is 7.75. The van der Waals surface area contributed by atoms with Crippen LogP contribution in [0.5, 0.6) is 0 Å². The maximum atomic E-state index is 13.5. The van der Waals surface area contributed by atoms with Gasteiger partial charge in [-0.05, 0) is 48.4 Å². The molecule has 1 saturated carbocycles. The topological polar surface area (TPSA) is 116 Å². The number of aromatic amines is 2. The Kier molecular flexibility index (Phi) is 4.68. The summed E-state index contributed by atoms with van der Waals surface area (Å²) >= 11 is 0. The molecule has 1 saturated heterocycles. The van der Waals surface area contributed by atoms with Gasteiger partial charge in [0.05, 0.1) is 17.8 Å². The van der Waals surface area contributed by atoms with Crippen molar-refractivity contribution in [1.82, 2.24) is 29.5 Å². The normalized spacial score (nSPS) is 21.8. The summed E-state index contributed by atoms with van der Waals surface area (Å²) in [7, 11) is 0. The van der Waals surface area contributed by atoms with Gasteiger partial charge in [0.15, 0.2) is 5.65 Å². The molecule has 1 amide bonds. The zero-order valence-corrected chi connectivity index (χ0v) is 18.1. The van der Waals surface area contributed by atoms with Gasteiger partial charge in [-0.15, -0.1) is 0 Å². The third-order valence-corrected chi connectivity index (χ3v) is 6.68. The monoisotopic (exact) mass is 460 g/mol. The van der Waals surface area contributed by atoms with Gasteiger partial charge in [-0.1, -0.05) is 12.1 Å². The van der Waals surface area contributed by atoms with Gasteiger partial charge in [-0.25, -0.2) is 18.7 Å². The van der Waals surface area contributed by atoms with Crippen molar-refractivity contribution in [3.8, 4) is 11.3 Å². The first-order valence-electron chi connectivity index (χ1n) is 11.2. The lowest BCUT2D eigenvalue weighted by Crippen LogP contribution is -2.28. The average molecular weight is 460 g/mol. The third kappa shape index (κ3) is 3.51. The van der Waals surface area contributed by atoms with E-state index >= 15 is 0 Å². The van der Waals surface area contributed by atoms with Gasteiger partial charge < -0.3 is 9.88 Å². The minimum atomic E-state index is -0.938. The number of hydrogen-bond donors (Lipinski definition) is 2. The molecule has 0 bridgehead atoms. The van der Waals surface area contributed by atoms with Crippen LogP contribution in [0.15, 0.2) is 58.5 Å². The molecule has 2 N–H and O–H groups in total. The number of carbonyl (C=O) groups is 1. The second-order valence-corrected chi connectivity index (χ2v) is 8.87. The Morgan fingerprint density at radius 3 is 2.71 bits per heavy atom. The molecule has 2 fully saturated rings. The van der Waals surface area contributed by atoms with Crippen molar-refractivity contribution >= 4 is 11.6 Å². The van der Waals surface area contributed by atoms with Crippen molar-refractivity contribution in [2.75, 3.05) is 13.1 Å². The molecule has 2 aliphatic rings. The lowest BCUT2D eigenvalue weighted by atomic mass is 10.0. The summed E-state index contributed by atoms with van der Waals surface area (Å²) in [4.78, 5) is 47.0. The summed E-state index contributed by atoms with van der Waals surface area (Å²) in [6.07, 6.45) is 5.10. The number of likely N-dealkylation sites (tertiary alicyclic amines) is 1. The molecule has 3 aromatic heterocycles. The first-order chi connectivity index (χ1) is 16.5. The smallest absolute Gasteiger partial charge is 0.325 e. The summed E-state index contributed by atoms with van der Waals surface area (Å²) in [5.74, 6) is 0.291. The molecule has 10 heteroatoms. The van der Waals surface area contributed by atoms with Crippen molar-refractivity contribution in [2.24, 2.45) is 0 Å². The first-order valence-corrected chi connectivity index (χ1v) is 11.2. The zero-order chi connectivity index (χ0) is 23.4. The number of aromatic nitrogens is 5. The van der Waals surface area contributed by atoms with Gasteiger partial charge >= 0.3 is 5.69 Å². The van der Waals surface area contributed by atoms with Crippen LogP contribution in [-0.4, -0.2) is 54.6 Å². The largest absolute Gasteiger partial charge is 0.336 e. The third-order valence-electron chi connectivity index (χ3n) is 6.68. The second-order valence-electron chi connectivity index (χ2n) is 8.87. The van der Waals surface area contributed by atoms with E-state index in [1.165, 1.54) is 6.20 Å². The minimum absolute atomic E-state index is 0.136. The molecular weight excluding hydrogens is 439 g/mol. The summed E-state index contributed by atoms with van der Waals surface area (Å²) in [6, 6.07) is 9.38. The molecule has 6 rings (SSSR count). The van der Waals surface area contributed by atoms with Crippen molar-refractivity contribution in [2.45, 2.75) is 30.8 Å². The van der Waals surface area contributed by atoms with Crippen LogP contribution in [0, 0.1) is 0 Å². The van der Waals surface area contributed by atoms with E-state index in [1.807, 2.05) is 30.3 Å². The van der Waals surface area contributed by atoms with Gasteiger partial charge in [0.1, 0.15) is 6.17 Å². The number of carbonyl (C=O) groups excluding carboxylic acids is 1. The van der Waals surface area contributed by atoms with E-state index in [1.54, 1.807) is 21.8 Å². The maximum absolute atomic E-state index is 13.5. The molecule has 172 valence electrons. The standard InChI is InChI=1S/C24H21FN6O3/c25-15-5-7-30(12-15)23(33)14-3-1-13(2-4-14)16-9-17(16)18-10-20(29-31-8-6-26-21(18)31)19-11-27-24(34)28-22(19)32/h1-4,6,8,10-11,15-17H,5,7,9,12H2,(H2,27,28,32,34)/t15-,16+,17-/m0/s1. The van der Waals surface area contributed by atoms with Gasteiger partial charge in [0.2, 0.25) is 0 Å². The van der Waals surface area contributed by atoms with Crippen LogP contribution in [0.3, 0.4) is 0 Å². The van der Waals surface area contributed by atoms with Crippen LogP contribution in [0.25, 0.3) is 16.9 Å². The van der Waals surface area contributed by atoms with Crippen molar-refractivity contribution in [1.29, 1.82) is 0 Å². The van der Waals surface area contributed by atoms with E-state index < -0.39 is 17.4 Å². The molecular formula is C24H21FN6O3. The molecule has 1 aromatic carbocycles. The van der Waals surface area contributed by atoms with Gasteiger partial charge in [-0.2, -0.15) is 5.10 Å². The Labute approximate surface area is 192 Å². The van der Waals surface area contributed by atoms with E-state index in [-0.39, 0.29) is 29.9 Å². The summed E-state index contributed by atoms with van der Waals surface area (Å²) in [5.41, 5.74) is 3.00. The number of imidazole rings is 1. The Balaban J connectivity index is 1.28. The number of nitrogens with zero attached hydrogens (tertiary/aromatic N) is 4. The summed E-state index contributed by atoms with van der Waals surface area (Å²) in [6.45, 7) is 0.614. The number of fused-ring (bicyclic) bond motifs is 1. The Bertz CT molecular complexity index is 1520. The molecule has 1 aliphatic heterocycles. The van der Waals surface area contributed by atoms with E-state index in [9.17, 15) is 18.8 Å². The summed E-state index contributed by atoms with van der Waals surface area (Å²) < 4.78 is 15.1. The predicted octanol–water partition coefficient (Wildman–Crippen LogP) is 2.23. The van der Waals surface area contributed by atoms with E-state index in [0.29, 0.717) is 24.2 Å². The highest BCUT2D eigenvalue weighted by atomic mass is 19.1. The molecule has 1 aliphatic carbocycles. The highest BCUT2D eigenvalue weighted by Crippen LogP contribution is 2.55. The van der Waals surface area contributed by atoms with Crippen LogP contribution in [0.2, 0.25) is 0 Å². The fourth-order valence-corrected chi connectivity index (χ4v) is 4.81. The quantitative estimate of drug-likeness (QED) is 0.485. The molecule has 0 unspecified atom stereocenters. The van der Waals surface area contributed by atoms with Crippen LogP contribution in [0.4, 0.5) is 4.39 Å². The SMILES string of the molecule is O=C(c1ccc([C@H]2C[C@@H]2c2cc(-c3c[nH]c(=O)[nH]c3=O)nn3ccnc23)cc1)N1CC[C@H](F)C1. The van der Waals surface area contributed by atoms with Crippen molar-refractivity contribution < 1.29 is 9.18 Å². The number of rotatable bonds is 4. The highest BCUT2D eigenvalue weighted by molar-refractivity contribution is 5.94. The Morgan fingerprint density at radius 1 is 1.15 bits per heavy atom. The zero-order valence-electron chi connectivity index (χ0n) is 18.1. The molecule has 9 nitrogen and oxygen atoms in total. The van der Waals surface area contributed by atoms with Crippen LogP contribution < -0.4 is 11.2 Å². The van der Waals surface area contributed by atoms with Crippen LogP contribution >= 0.6 is 0 Å². The number of nitrogens with one attached hydrogen (secondary N) is 2. The number of benzene rings is 1. The Hall–Kier alpha value is -4.08. The first kappa shape index (κ1) is 20.5. The minimum Gasteiger partial charge on any atom is -0.336 e. The Morgan fingerprint density at radius 2 is 1.97 bits per heavy atom. The number of H-pyrrole nitrogens is 2. The summed E-state index contributed by atoms with van der Waals surface area (Å²) in [5, 5.41) is 4.48. The molecule has 3 atom stereocenters. The molecule has 34 heavy (non-hydrogen) atoms. The van der Waals surface area contributed by atoms with Gasteiger partial charge in [0.25, 0.3) is 11.5 Å². The average Bonchev–Trinajstić information content (AvgIpc) is 3.26. The van der Waals surface area contributed by atoms with E-state index in [4.69, 9.17) is 0 Å². The lowest BCUT2D eigenvalue weighted by molar-refractivity contribution is 0.0783.